The fourth-order valence-corrected chi connectivity index (χ4v) is 4.23. The molecular weight excluding hydrogens is 424 g/mol. The number of rotatable bonds is 6. The summed E-state index contributed by atoms with van der Waals surface area (Å²) in [5.41, 5.74) is 1.34. The molecule has 1 aliphatic heterocycles. The molecule has 0 unspecified atom stereocenters. The van der Waals surface area contributed by atoms with E-state index < -0.39 is 17.1 Å². The molecule has 0 saturated carbocycles. The number of carbonyl (C=O) groups excluding carboxylic acids is 3. The van der Waals surface area contributed by atoms with Crippen LogP contribution in [0.25, 0.3) is 16.8 Å². The average molecular weight is 447 g/mol. The highest BCUT2D eigenvalue weighted by Gasteiger charge is 2.36. The van der Waals surface area contributed by atoms with Crippen LogP contribution in [-0.4, -0.2) is 34.6 Å². The van der Waals surface area contributed by atoms with Gasteiger partial charge in [0.2, 0.25) is 5.91 Å². The van der Waals surface area contributed by atoms with Gasteiger partial charge in [-0.2, -0.15) is 0 Å². The summed E-state index contributed by atoms with van der Waals surface area (Å²) in [6, 6.07) is 20.5. The van der Waals surface area contributed by atoms with Crippen molar-refractivity contribution in [2.24, 2.45) is 0 Å². The molecule has 0 aliphatic carbocycles. The third-order valence-corrected chi connectivity index (χ3v) is 5.71. The van der Waals surface area contributed by atoms with Gasteiger partial charge in [-0.25, -0.2) is 0 Å². The lowest BCUT2D eigenvalue weighted by Crippen LogP contribution is -2.36. The Hall–Kier alpha value is -3.58. The first kappa shape index (κ1) is 21.6. The quantitative estimate of drug-likeness (QED) is 0.520. The van der Waals surface area contributed by atoms with Crippen LogP contribution in [0.5, 0.6) is 5.75 Å². The van der Waals surface area contributed by atoms with Gasteiger partial charge in [-0.3, -0.25) is 19.3 Å². The summed E-state index contributed by atoms with van der Waals surface area (Å²) in [7, 11) is 0. The number of para-hydroxylation sites is 1. The maximum atomic E-state index is 13.0. The molecule has 3 aromatic carbocycles. The van der Waals surface area contributed by atoms with E-state index in [9.17, 15) is 14.4 Å². The van der Waals surface area contributed by atoms with Crippen molar-refractivity contribution in [2.75, 3.05) is 11.9 Å². The number of amides is 3. The molecule has 1 heterocycles. The van der Waals surface area contributed by atoms with Crippen LogP contribution in [0.1, 0.15) is 19.4 Å². The van der Waals surface area contributed by atoms with Gasteiger partial charge >= 0.3 is 0 Å². The maximum absolute atomic E-state index is 13.0. The van der Waals surface area contributed by atoms with Crippen LogP contribution < -0.4 is 10.1 Å². The lowest BCUT2D eigenvalue weighted by atomic mass is 10.0. The van der Waals surface area contributed by atoms with Crippen LogP contribution >= 0.6 is 11.8 Å². The average Bonchev–Trinajstić information content (AvgIpc) is 3.03. The Balaban J connectivity index is 1.61. The molecule has 7 heteroatoms. The molecular formula is C25H22N2O4S. The zero-order chi connectivity index (χ0) is 22.7. The van der Waals surface area contributed by atoms with Gasteiger partial charge in [-0.1, -0.05) is 48.5 Å². The standard InChI is InChI=1S/C25H22N2O4S/c1-16(2)31-21-13-12-17-8-6-7-11-19(17)20(21)14-22-24(29)27(25(30)32-22)15-23(28)26-18-9-4-3-5-10-18/h3-14,16H,15H2,1-2H3,(H,26,28). The number of imide groups is 1. The van der Waals surface area contributed by atoms with Crippen molar-refractivity contribution in [3.05, 3.63) is 77.2 Å². The Kier molecular flexibility index (Phi) is 6.28. The lowest BCUT2D eigenvalue weighted by molar-refractivity contribution is -0.127. The highest BCUT2D eigenvalue weighted by Crippen LogP contribution is 2.37. The monoisotopic (exact) mass is 446 g/mol. The predicted molar refractivity (Wildman–Crippen MR) is 127 cm³/mol. The van der Waals surface area contributed by atoms with E-state index in [0.29, 0.717) is 11.4 Å². The number of hydrogen-bond donors (Lipinski definition) is 1. The Morgan fingerprint density at radius 1 is 1.03 bits per heavy atom. The molecule has 1 fully saturated rings. The van der Waals surface area contributed by atoms with Gasteiger partial charge in [0.1, 0.15) is 12.3 Å². The van der Waals surface area contributed by atoms with E-state index in [1.807, 2.05) is 56.3 Å². The summed E-state index contributed by atoms with van der Waals surface area (Å²) in [5.74, 6) is -0.298. The van der Waals surface area contributed by atoms with Gasteiger partial charge in [-0.15, -0.1) is 0 Å². The first-order chi connectivity index (χ1) is 15.4. The van der Waals surface area contributed by atoms with Gasteiger partial charge in [0.05, 0.1) is 11.0 Å². The summed E-state index contributed by atoms with van der Waals surface area (Å²) >= 11 is 0.824. The zero-order valence-electron chi connectivity index (χ0n) is 17.7. The van der Waals surface area contributed by atoms with Crippen LogP contribution in [0.2, 0.25) is 0 Å². The number of carbonyl (C=O) groups is 3. The predicted octanol–water partition coefficient (Wildman–Crippen LogP) is 5.30. The summed E-state index contributed by atoms with van der Waals surface area (Å²) in [5, 5.41) is 4.13. The van der Waals surface area contributed by atoms with Crippen molar-refractivity contribution in [3.8, 4) is 5.75 Å². The summed E-state index contributed by atoms with van der Waals surface area (Å²) in [4.78, 5) is 39.1. The second-order valence-corrected chi connectivity index (χ2v) is 8.54. The summed E-state index contributed by atoms with van der Waals surface area (Å²) in [6.07, 6.45) is 1.63. The fourth-order valence-electron chi connectivity index (χ4n) is 3.41. The van der Waals surface area contributed by atoms with Gasteiger partial charge in [0.25, 0.3) is 11.1 Å². The molecule has 0 spiro atoms. The number of anilines is 1. The lowest BCUT2D eigenvalue weighted by Gasteiger charge is -2.15. The SMILES string of the molecule is CC(C)Oc1ccc2ccccc2c1C=C1SC(=O)N(CC(=O)Nc2ccccc2)C1=O. The molecule has 0 aromatic heterocycles. The molecule has 4 rings (SSSR count). The van der Waals surface area contributed by atoms with E-state index >= 15 is 0 Å². The first-order valence-electron chi connectivity index (χ1n) is 10.2. The van der Waals surface area contributed by atoms with Crippen LogP contribution in [0.15, 0.2) is 71.6 Å². The molecule has 6 nitrogen and oxygen atoms in total. The molecule has 3 aromatic rings. The van der Waals surface area contributed by atoms with Crippen molar-refractivity contribution in [3.63, 3.8) is 0 Å². The first-order valence-corrected chi connectivity index (χ1v) is 11.0. The number of nitrogens with one attached hydrogen (secondary N) is 1. The van der Waals surface area contributed by atoms with Gasteiger partial charge in [0.15, 0.2) is 0 Å². The van der Waals surface area contributed by atoms with Crippen LogP contribution in [0.4, 0.5) is 10.5 Å². The molecule has 1 aliphatic rings. The van der Waals surface area contributed by atoms with Gasteiger partial charge in [-0.05, 0) is 60.7 Å². The van der Waals surface area contributed by atoms with E-state index in [4.69, 9.17) is 4.74 Å². The van der Waals surface area contributed by atoms with Gasteiger partial charge < -0.3 is 10.1 Å². The molecule has 32 heavy (non-hydrogen) atoms. The van der Waals surface area contributed by atoms with Crippen molar-refractivity contribution >= 4 is 51.4 Å². The second-order valence-electron chi connectivity index (χ2n) is 7.55. The van der Waals surface area contributed by atoms with E-state index in [0.717, 1.165) is 33.0 Å². The van der Waals surface area contributed by atoms with E-state index in [2.05, 4.69) is 5.32 Å². The number of hydrogen-bond acceptors (Lipinski definition) is 5. The van der Waals surface area contributed by atoms with Crippen LogP contribution in [-0.2, 0) is 9.59 Å². The van der Waals surface area contributed by atoms with Crippen LogP contribution in [0.3, 0.4) is 0 Å². The molecule has 0 radical (unpaired) electrons. The summed E-state index contributed by atoms with van der Waals surface area (Å²) < 4.78 is 5.96. The third kappa shape index (κ3) is 4.68. The highest BCUT2D eigenvalue weighted by molar-refractivity contribution is 8.18. The normalized spacial score (nSPS) is 15.1. The molecule has 0 bridgehead atoms. The topological polar surface area (TPSA) is 75.7 Å². The Morgan fingerprint density at radius 2 is 1.75 bits per heavy atom. The minimum Gasteiger partial charge on any atom is -0.490 e. The van der Waals surface area contributed by atoms with E-state index in [-0.39, 0.29) is 17.6 Å². The number of benzene rings is 3. The molecule has 0 atom stereocenters. The molecule has 162 valence electrons. The number of ether oxygens (including phenoxy) is 1. The number of thioether (sulfide) groups is 1. The Bertz CT molecular complexity index is 1220. The van der Waals surface area contributed by atoms with Crippen molar-refractivity contribution in [1.29, 1.82) is 0 Å². The van der Waals surface area contributed by atoms with Crippen molar-refractivity contribution in [2.45, 2.75) is 20.0 Å². The highest BCUT2D eigenvalue weighted by atomic mass is 32.2. The largest absolute Gasteiger partial charge is 0.490 e. The molecule has 1 saturated heterocycles. The maximum Gasteiger partial charge on any atom is 0.294 e. The number of fused-ring (bicyclic) bond motifs is 1. The minimum atomic E-state index is -0.494. The Labute approximate surface area is 190 Å². The fraction of sp³-hybridized carbons (Fsp3) is 0.160. The van der Waals surface area contributed by atoms with E-state index in [1.165, 1.54) is 0 Å². The van der Waals surface area contributed by atoms with Crippen molar-refractivity contribution in [1.82, 2.24) is 4.90 Å². The summed E-state index contributed by atoms with van der Waals surface area (Å²) in [6.45, 7) is 3.51. The zero-order valence-corrected chi connectivity index (χ0v) is 18.5. The Morgan fingerprint density at radius 3 is 2.50 bits per heavy atom. The van der Waals surface area contributed by atoms with E-state index in [1.54, 1.807) is 30.3 Å². The minimum absolute atomic E-state index is 0.0555. The second kappa shape index (κ2) is 9.28. The van der Waals surface area contributed by atoms with Crippen molar-refractivity contribution < 1.29 is 19.1 Å². The number of nitrogens with zero attached hydrogens (tertiary/aromatic N) is 1. The van der Waals surface area contributed by atoms with Crippen LogP contribution in [0, 0.1) is 0 Å². The van der Waals surface area contributed by atoms with Gasteiger partial charge in [0, 0.05) is 11.3 Å². The third-order valence-electron chi connectivity index (χ3n) is 4.80. The molecule has 1 N–H and O–H groups in total. The molecule has 3 amide bonds. The smallest absolute Gasteiger partial charge is 0.294 e.